The van der Waals surface area contributed by atoms with E-state index in [-0.39, 0.29) is 17.0 Å². The Morgan fingerprint density at radius 3 is 2.03 bits per heavy atom. The normalized spacial score (nSPS) is 9.69. The zero-order valence-corrected chi connectivity index (χ0v) is 18.7. The molecule has 5 aromatic rings. The SMILES string of the molecule is N#Cc1cnn(-c2ccccc2)c1N.Nc1c(O)c(C=O)cc2ccccc12.Nc1ccccc1. The first-order chi connectivity index (χ1) is 17.0. The molecule has 0 aliphatic carbocycles. The van der Waals surface area contributed by atoms with Gasteiger partial charge in [0.15, 0.2) is 6.29 Å². The van der Waals surface area contributed by atoms with E-state index < -0.39 is 0 Å². The summed E-state index contributed by atoms with van der Waals surface area (Å²) in [5.41, 5.74) is 19.3. The van der Waals surface area contributed by atoms with Gasteiger partial charge >= 0.3 is 0 Å². The first kappa shape index (κ1) is 24.4. The van der Waals surface area contributed by atoms with E-state index in [1.165, 1.54) is 6.20 Å². The highest BCUT2D eigenvalue weighted by molar-refractivity contribution is 6.01. The number of aldehydes is 1. The summed E-state index contributed by atoms with van der Waals surface area (Å²) in [7, 11) is 0. The summed E-state index contributed by atoms with van der Waals surface area (Å²) in [6, 6.07) is 29.9. The molecule has 4 aromatic carbocycles. The van der Waals surface area contributed by atoms with Crippen molar-refractivity contribution in [1.29, 1.82) is 5.26 Å². The van der Waals surface area contributed by atoms with Crippen molar-refractivity contribution in [2.75, 3.05) is 17.2 Å². The number of rotatable bonds is 2. The number of phenols is 1. The molecule has 0 radical (unpaired) electrons. The number of nitrogens with two attached hydrogens (primary N) is 3. The van der Waals surface area contributed by atoms with Crippen LogP contribution in [0.3, 0.4) is 0 Å². The largest absolute Gasteiger partial charge is 0.505 e. The lowest BCUT2D eigenvalue weighted by molar-refractivity contribution is 0.112. The molecule has 0 aliphatic rings. The average Bonchev–Trinajstić information content (AvgIpc) is 3.28. The lowest BCUT2D eigenvalue weighted by Gasteiger charge is -2.06. The molecule has 0 saturated heterocycles. The maximum atomic E-state index is 10.6. The second-order valence-electron chi connectivity index (χ2n) is 7.28. The zero-order chi connectivity index (χ0) is 25.2. The van der Waals surface area contributed by atoms with Crippen LogP contribution in [0.2, 0.25) is 0 Å². The van der Waals surface area contributed by atoms with Crippen molar-refractivity contribution >= 4 is 34.3 Å². The minimum Gasteiger partial charge on any atom is -0.505 e. The molecule has 1 heterocycles. The van der Waals surface area contributed by atoms with Crippen LogP contribution in [0, 0.1) is 11.3 Å². The molecule has 0 saturated carbocycles. The fourth-order valence-corrected chi connectivity index (χ4v) is 3.15. The van der Waals surface area contributed by atoms with Crippen molar-refractivity contribution in [3.8, 4) is 17.5 Å². The van der Waals surface area contributed by atoms with Gasteiger partial charge in [-0.15, -0.1) is 0 Å². The van der Waals surface area contributed by atoms with Crippen molar-refractivity contribution in [1.82, 2.24) is 9.78 Å². The molecule has 0 spiro atoms. The van der Waals surface area contributed by atoms with Gasteiger partial charge in [-0.2, -0.15) is 10.4 Å². The molecular weight excluding hydrogens is 440 g/mol. The van der Waals surface area contributed by atoms with Gasteiger partial charge < -0.3 is 22.3 Å². The van der Waals surface area contributed by atoms with Crippen LogP contribution in [0.4, 0.5) is 17.2 Å². The van der Waals surface area contributed by atoms with Crippen LogP contribution in [-0.2, 0) is 0 Å². The predicted octanol–water partition coefficient (Wildman–Crippen LogP) is 4.54. The van der Waals surface area contributed by atoms with Gasteiger partial charge in [0.1, 0.15) is 23.2 Å². The first-order valence-electron chi connectivity index (χ1n) is 10.5. The number of carbonyl (C=O) groups excluding carboxylic acids is 1. The second kappa shape index (κ2) is 11.5. The maximum Gasteiger partial charge on any atom is 0.153 e. The highest BCUT2D eigenvalue weighted by atomic mass is 16.3. The Kier molecular flexibility index (Phi) is 8.03. The minimum atomic E-state index is -0.140. The molecule has 0 bridgehead atoms. The molecule has 8 nitrogen and oxygen atoms in total. The van der Waals surface area contributed by atoms with Crippen LogP contribution < -0.4 is 17.2 Å². The standard InChI is InChI=1S/C11H9NO2.C10H8N4.C6H7N/c12-10-9-4-2-1-3-7(9)5-8(6-13)11(10)14;11-6-8-7-13-14(10(8)12)9-4-2-1-3-5-9;7-6-4-2-1-3-5-6/h1-6,14H,12H2;1-5,7H,12H2;1-5H,7H2. The Balaban J connectivity index is 0.000000155. The van der Waals surface area contributed by atoms with Crippen LogP contribution in [0.5, 0.6) is 5.75 Å². The fraction of sp³-hybridized carbons (Fsp3) is 0. The lowest BCUT2D eigenvalue weighted by atomic mass is 10.0. The number of aromatic nitrogens is 2. The molecule has 0 unspecified atom stereocenters. The summed E-state index contributed by atoms with van der Waals surface area (Å²) in [5, 5.41) is 23.9. The van der Waals surface area contributed by atoms with Gasteiger partial charge in [-0.1, -0.05) is 60.7 Å². The molecule has 0 fully saturated rings. The van der Waals surface area contributed by atoms with E-state index in [4.69, 9.17) is 22.5 Å². The number of nitrogen functional groups attached to an aromatic ring is 3. The zero-order valence-electron chi connectivity index (χ0n) is 18.7. The van der Waals surface area contributed by atoms with E-state index in [2.05, 4.69) is 5.10 Å². The molecule has 35 heavy (non-hydrogen) atoms. The van der Waals surface area contributed by atoms with Crippen molar-refractivity contribution in [2.45, 2.75) is 0 Å². The number of nitrogens with zero attached hydrogens (tertiary/aromatic N) is 3. The van der Waals surface area contributed by atoms with E-state index >= 15 is 0 Å². The molecule has 174 valence electrons. The number of nitriles is 1. The fourth-order valence-electron chi connectivity index (χ4n) is 3.15. The number of carbonyl (C=O) groups is 1. The third-order valence-electron chi connectivity index (χ3n) is 4.94. The summed E-state index contributed by atoms with van der Waals surface area (Å²) < 4.78 is 1.54. The van der Waals surface area contributed by atoms with Crippen LogP contribution in [0.1, 0.15) is 15.9 Å². The number of phenolic OH excluding ortho intramolecular Hbond substituents is 1. The van der Waals surface area contributed by atoms with E-state index in [0.717, 1.165) is 22.1 Å². The second-order valence-corrected chi connectivity index (χ2v) is 7.28. The molecule has 8 heteroatoms. The summed E-state index contributed by atoms with van der Waals surface area (Å²) in [4.78, 5) is 10.6. The molecule has 0 amide bonds. The Labute approximate surface area is 202 Å². The van der Waals surface area contributed by atoms with Gasteiger partial charge in [-0.05, 0) is 35.7 Å². The quantitative estimate of drug-likeness (QED) is 0.170. The lowest BCUT2D eigenvalue weighted by Crippen LogP contribution is -2.01. The van der Waals surface area contributed by atoms with Gasteiger partial charge in [-0.25, -0.2) is 4.68 Å². The van der Waals surface area contributed by atoms with Gasteiger partial charge in [0.2, 0.25) is 0 Å². The van der Waals surface area contributed by atoms with Crippen molar-refractivity contribution in [3.05, 3.63) is 108 Å². The van der Waals surface area contributed by atoms with E-state index in [0.29, 0.717) is 17.7 Å². The van der Waals surface area contributed by atoms with E-state index in [1.54, 1.807) is 16.8 Å². The number of aromatic hydroxyl groups is 1. The van der Waals surface area contributed by atoms with Crippen LogP contribution in [0.25, 0.3) is 16.5 Å². The Hall–Kier alpha value is -5.29. The number of hydrogen-bond acceptors (Lipinski definition) is 7. The summed E-state index contributed by atoms with van der Waals surface area (Å²) in [6.45, 7) is 0. The molecule has 0 aliphatic heterocycles. The average molecular weight is 465 g/mol. The van der Waals surface area contributed by atoms with Crippen LogP contribution in [0.15, 0.2) is 97.2 Å². The minimum absolute atomic E-state index is 0.140. The Morgan fingerprint density at radius 2 is 1.49 bits per heavy atom. The van der Waals surface area contributed by atoms with E-state index in [9.17, 15) is 9.90 Å². The van der Waals surface area contributed by atoms with Gasteiger partial charge in [-0.3, -0.25) is 4.79 Å². The number of anilines is 3. The number of para-hydroxylation sites is 2. The Morgan fingerprint density at radius 1 is 0.886 bits per heavy atom. The van der Waals surface area contributed by atoms with Crippen molar-refractivity contribution < 1.29 is 9.90 Å². The third kappa shape index (κ3) is 5.94. The highest BCUT2D eigenvalue weighted by Crippen LogP contribution is 2.32. The summed E-state index contributed by atoms with van der Waals surface area (Å²) in [6.07, 6.45) is 2.06. The molecule has 0 atom stereocenters. The monoisotopic (exact) mass is 464 g/mol. The van der Waals surface area contributed by atoms with Crippen molar-refractivity contribution in [2.24, 2.45) is 0 Å². The molecular formula is C27H24N6O2. The van der Waals surface area contributed by atoms with Gasteiger partial charge in [0.05, 0.1) is 23.1 Å². The highest BCUT2D eigenvalue weighted by Gasteiger charge is 2.08. The summed E-state index contributed by atoms with van der Waals surface area (Å²) in [5.74, 6) is 0.234. The molecule has 7 N–H and O–H groups in total. The third-order valence-corrected chi connectivity index (χ3v) is 4.94. The smallest absolute Gasteiger partial charge is 0.153 e. The van der Waals surface area contributed by atoms with E-state index in [1.807, 2.05) is 84.9 Å². The number of hydrogen-bond donors (Lipinski definition) is 4. The molecule has 5 rings (SSSR count). The topological polar surface area (TPSA) is 157 Å². The number of fused-ring (bicyclic) bond motifs is 1. The summed E-state index contributed by atoms with van der Waals surface area (Å²) >= 11 is 0. The predicted molar refractivity (Wildman–Crippen MR) is 139 cm³/mol. The first-order valence-corrected chi connectivity index (χ1v) is 10.5. The Bertz CT molecular complexity index is 1460. The van der Waals surface area contributed by atoms with Gasteiger partial charge in [0.25, 0.3) is 0 Å². The van der Waals surface area contributed by atoms with Crippen molar-refractivity contribution in [3.63, 3.8) is 0 Å². The molecule has 1 aromatic heterocycles. The maximum absolute atomic E-state index is 10.6. The van der Waals surface area contributed by atoms with Gasteiger partial charge in [0, 0.05) is 11.1 Å². The number of benzene rings is 4. The van der Waals surface area contributed by atoms with Crippen LogP contribution in [-0.4, -0.2) is 21.2 Å². The van der Waals surface area contributed by atoms with Crippen LogP contribution >= 0.6 is 0 Å².